The number of carbonyl (C=O) groups is 2. The lowest BCUT2D eigenvalue weighted by Crippen LogP contribution is -2.45. The zero-order valence-electron chi connectivity index (χ0n) is 10.8. The predicted molar refractivity (Wildman–Crippen MR) is 66.2 cm³/mol. The van der Waals surface area contributed by atoms with Gasteiger partial charge in [0.15, 0.2) is 0 Å². The molecule has 0 aliphatic heterocycles. The first kappa shape index (κ1) is 14.8. The third-order valence-corrected chi connectivity index (χ3v) is 3.08. The van der Waals surface area contributed by atoms with E-state index in [-0.39, 0.29) is 25.2 Å². The quantitative estimate of drug-likeness (QED) is 0.596. The molecular weight excluding hydrogens is 236 g/mol. The molecule has 0 radical (unpaired) electrons. The van der Waals surface area contributed by atoms with Crippen molar-refractivity contribution in [2.75, 3.05) is 19.7 Å². The van der Waals surface area contributed by atoms with Crippen LogP contribution in [0.2, 0.25) is 0 Å². The van der Waals surface area contributed by atoms with Gasteiger partial charge in [0.25, 0.3) is 0 Å². The number of aliphatic hydroxyl groups excluding tert-OH is 1. The number of aliphatic carboxylic acids is 1. The van der Waals surface area contributed by atoms with Crippen molar-refractivity contribution in [1.82, 2.24) is 10.2 Å². The summed E-state index contributed by atoms with van der Waals surface area (Å²) in [6, 6.07) is -0.0551. The summed E-state index contributed by atoms with van der Waals surface area (Å²) in [5, 5.41) is 20.5. The van der Waals surface area contributed by atoms with Gasteiger partial charge in [0.2, 0.25) is 0 Å². The number of hydrogen-bond acceptors (Lipinski definition) is 3. The fourth-order valence-corrected chi connectivity index (χ4v) is 1.92. The normalized spacial score (nSPS) is 16.1. The van der Waals surface area contributed by atoms with E-state index >= 15 is 0 Å². The Kier molecular flexibility index (Phi) is 5.91. The van der Waals surface area contributed by atoms with Crippen molar-refractivity contribution in [3.05, 3.63) is 0 Å². The van der Waals surface area contributed by atoms with Gasteiger partial charge in [-0.3, -0.25) is 4.79 Å². The van der Waals surface area contributed by atoms with Gasteiger partial charge in [-0.2, -0.15) is 0 Å². The number of rotatable bonds is 8. The summed E-state index contributed by atoms with van der Waals surface area (Å²) in [7, 11) is 0. The van der Waals surface area contributed by atoms with E-state index in [1.165, 1.54) is 0 Å². The number of amides is 2. The highest BCUT2D eigenvalue weighted by molar-refractivity contribution is 5.76. The summed E-state index contributed by atoms with van der Waals surface area (Å²) >= 11 is 0. The molecule has 6 nitrogen and oxygen atoms in total. The number of nitrogens with zero attached hydrogens (tertiary/aromatic N) is 1. The topological polar surface area (TPSA) is 89.9 Å². The first-order valence-electron chi connectivity index (χ1n) is 6.48. The highest BCUT2D eigenvalue weighted by atomic mass is 16.4. The number of hydrogen-bond donors (Lipinski definition) is 3. The van der Waals surface area contributed by atoms with Crippen LogP contribution in [0.15, 0.2) is 0 Å². The predicted octanol–water partition coefficient (Wildman–Crippen LogP) is 0.654. The molecule has 1 atom stereocenters. The van der Waals surface area contributed by atoms with E-state index in [0.29, 0.717) is 13.0 Å². The van der Waals surface area contributed by atoms with Crippen LogP contribution in [-0.4, -0.2) is 52.9 Å². The molecular formula is C12H22N2O4. The molecule has 0 heterocycles. The molecule has 0 aromatic heterocycles. The van der Waals surface area contributed by atoms with Crippen molar-refractivity contribution in [3.63, 3.8) is 0 Å². The monoisotopic (exact) mass is 258 g/mol. The minimum Gasteiger partial charge on any atom is -0.481 e. The van der Waals surface area contributed by atoms with Crippen molar-refractivity contribution >= 4 is 12.0 Å². The number of aliphatic hydroxyl groups is 1. The van der Waals surface area contributed by atoms with Gasteiger partial charge < -0.3 is 20.4 Å². The van der Waals surface area contributed by atoms with E-state index in [0.717, 1.165) is 19.3 Å². The first-order valence-corrected chi connectivity index (χ1v) is 6.48. The summed E-state index contributed by atoms with van der Waals surface area (Å²) in [6.07, 6.45) is 3.25. The molecule has 1 rings (SSSR count). The summed E-state index contributed by atoms with van der Waals surface area (Å²) in [5.74, 6) is -1.41. The number of carboxylic acids is 1. The van der Waals surface area contributed by atoms with Crippen LogP contribution >= 0.6 is 0 Å². The Hall–Kier alpha value is -1.30. The first-order chi connectivity index (χ1) is 8.60. The summed E-state index contributed by atoms with van der Waals surface area (Å²) in [4.78, 5) is 24.4. The number of nitrogens with one attached hydrogen (secondary N) is 1. The van der Waals surface area contributed by atoms with Gasteiger partial charge in [-0.15, -0.1) is 0 Å². The number of carboxylic acid groups (broad SMARTS) is 1. The molecule has 3 N–H and O–H groups in total. The maximum Gasteiger partial charge on any atom is 0.317 e. The van der Waals surface area contributed by atoms with Crippen LogP contribution in [0.5, 0.6) is 0 Å². The van der Waals surface area contributed by atoms with Gasteiger partial charge in [-0.1, -0.05) is 13.3 Å². The third-order valence-electron chi connectivity index (χ3n) is 3.08. The van der Waals surface area contributed by atoms with Crippen LogP contribution in [0, 0.1) is 5.92 Å². The molecule has 0 aromatic carbocycles. The molecule has 1 saturated carbocycles. The molecule has 0 bridgehead atoms. The summed E-state index contributed by atoms with van der Waals surface area (Å²) < 4.78 is 0. The van der Waals surface area contributed by atoms with Crippen molar-refractivity contribution in [2.24, 2.45) is 5.92 Å². The summed E-state index contributed by atoms with van der Waals surface area (Å²) in [6.45, 7) is 2.31. The SMILES string of the molecule is CCCC(CNC(=O)N(CCO)C1CC1)C(=O)O. The second kappa shape index (κ2) is 7.20. The molecule has 18 heavy (non-hydrogen) atoms. The van der Waals surface area contributed by atoms with Crippen molar-refractivity contribution in [3.8, 4) is 0 Å². The highest BCUT2D eigenvalue weighted by Gasteiger charge is 2.32. The Morgan fingerprint density at radius 1 is 1.44 bits per heavy atom. The molecule has 104 valence electrons. The average molecular weight is 258 g/mol. The molecule has 1 unspecified atom stereocenters. The van der Waals surface area contributed by atoms with E-state index < -0.39 is 11.9 Å². The standard InChI is InChI=1S/C12H22N2O4/c1-2-3-9(11(16)17)8-13-12(18)14(6-7-15)10-4-5-10/h9-10,15H,2-8H2,1H3,(H,13,18)(H,16,17). The van der Waals surface area contributed by atoms with Crippen LogP contribution in [-0.2, 0) is 4.79 Å². The fourth-order valence-electron chi connectivity index (χ4n) is 1.92. The van der Waals surface area contributed by atoms with E-state index in [1.54, 1.807) is 4.90 Å². The van der Waals surface area contributed by atoms with Crippen LogP contribution < -0.4 is 5.32 Å². The highest BCUT2D eigenvalue weighted by Crippen LogP contribution is 2.26. The van der Waals surface area contributed by atoms with Crippen molar-refractivity contribution in [1.29, 1.82) is 0 Å². The summed E-state index contributed by atoms with van der Waals surface area (Å²) in [5.41, 5.74) is 0. The lowest BCUT2D eigenvalue weighted by molar-refractivity contribution is -0.141. The lowest BCUT2D eigenvalue weighted by atomic mass is 10.0. The second-order valence-electron chi connectivity index (χ2n) is 4.66. The van der Waals surface area contributed by atoms with Crippen molar-refractivity contribution in [2.45, 2.75) is 38.6 Å². The van der Waals surface area contributed by atoms with Gasteiger partial charge in [0, 0.05) is 19.1 Å². The van der Waals surface area contributed by atoms with Gasteiger partial charge in [0.05, 0.1) is 12.5 Å². The zero-order chi connectivity index (χ0) is 13.5. The Labute approximate surface area is 107 Å². The van der Waals surface area contributed by atoms with Gasteiger partial charge >= 0.3 is 12.0 Å². The van der Waals surface area contributed by atoms with Crippen LogP contribution in [0.1, 0.15) is 32.6 Å². The maximum atomic E-state index is 11.9. The minimum absolute atomic E-state index is 0.0682. The molecule has 2 amide bonds. The smallest absolute Gasteiger partial charge is 0.317 e. The molecule has 1 aliphatic carbocycles. The maximum absolute atomic E-state index is 11.9. The van der Waals surface area contributed by atoms with Crippen LogP contribution in [0.4, 0.5) is 4.79 Å². The molecule has 0 aromatic rings. The number of carbonyl (C=O) groups excluding carboxylic acids is 1. The Balaban J connectivity index is 2.39. The Bertz CT molecular complexity index is 292. The van der Waals surface area contributed by atoms with Gasteiger partial charge in [-0.05, 0) is 19.3 Å². The van der Waals surface area contributed by atoms with Crippen LogP contribution in [0.3, 0.4) is 0 Å². The molecule has 0 saturated heterocycles. The zero-order valence-corrected chi connectivity index (χ0v) is 10.8. The van der Waals surface area contributed by atoms with E-state index in [2.05, 4.69) is 5.32 Å². The van der Waals surface area contributed by atoms with E-state index in [1.807, 2.05) is 6.92 Å². The molecule has 1 aliphatic rings. The molecule has 1 fully saturated rings. The molecule has 0 spiro atoms. The largest absolute Gasteiger partial charge is 0.481 e. The Morgan fingerprint density at radius 2 is 2.11 bits per heavy atom. The lowest BCUT2D eigenvalue weighted by Gasteiger charge is -2.23. The molecule has 6 heteroatoms. The van der Waals surface area contributed by atoms with Crippen LogP contribution in [0.25, 0.3) is 0 Å². The Morgan fingerprint density at radius 3 is 2.56 bits per heavy atom. The van der Waals surface area contributed by atoms with E-state index in [9.17, 15) is 9.59 Å². The average Bonchev–Trinajstić information content (AvgIpc) is 3.14. The van der Waals surface area contributed by atoms with Gasteiger partial charge in [0.1, 0.15) is 0 Å². The van der Waals surface area contributed by atoms with Crippen molar-refractivity contribution < 1.29 is 19.8 Å². The third kappa shape index (κ3) is 4.52. The van der Waals surface area contributed by atoms with Gasteiger partial charge in [-0.25, -0.2) is 4.79 Å². The fraction of sp³-hybridized carbons (Fsp3) is 0.833. The van der Waals surface area contributed by atoms with E-state index in [4.69, 9.17) is 10.2 Å². The second-order valence-corrected chi connectivity index (χ2v) is 4.66. The number of urea groups is 1. The minimum atomic E-state index is -0.878.